The number of carbonyl (C=O) groups excluding carboxylic acids is 1. The van der Waals surface area contributed by atoms with Crippen molar-refractivity contribution in [1.82, 2.24) is 15.8 Å². The summed E-state index contributed by atoms with van der Waals surface area (Å²) in [5.41, 5.74) is 1.93. The van der Waals surface area contributed by atoms with Crippen LogP contribution in [-0.2, 0) is 11.2 Å². The summed E-state index contributed by atoms with van der Waals surface area (Å²) >= 11 is 0. The van der Waals surface area contributed by atoms with Gasteiger partial charge in [-0.3, -0.25) is 4.79 Å². The normalized spacial score (nSPS) is 10.5. The monoisotopic (exact) mass is 239 g/mol. The third-order valence-electron chi connectivity index (χ3n) is 2.66. The van der Waals surface area contributed by atoms with Gasteiger partial charge in [-0.25, -0.2) is 0 Å². The Morgan fingerprint density at radius 1 is 1.35 bits per heavy atom. The van der Waals surface area contributed by atoms with Crippen molar-refractivity contribution >= 4 is 5.91 Å². The third kappa shape index (κ3) is 4.56. The summed E-state index contributed by atoms with van der Waals surface area (Å²) in [4.78, 5) is 11.5. The van der Waals surface area contributed by atoms with Crippen molar-refractivity contribution < 1.29 is 9.32 Å². The Morgan fingerprint density at radius 3 is 2.71 bits per heavy atom. The number of likely N-dealkylation sites (N-methyl/N-ethyl adjacent to an activating group) is 1. The highest BCUT2D eigenvalue weighted by atomic mass is 16.5. The first kappa shape index (κ1) is 13.7. The van der Waals surface area contributed by atoms with E-state index in [0.717, 1.165) is 30.1 Å². The Balaban J connectivity index is 2.24. The van der Waals surface area contributed by atoms with Gasteiger partial charge >= 0.3 is 0 Å². The van der Waals surface area contributed by atoms with E-state index in [1.165, 1.54) is 0 Å². The minimum absolute atomic E-state index is 0.0721. The fraction of sp³-hybridized carbons (Fsp3) is 0.667. The van der Waals surface area contributed by atoms with Crippen LogP contribution in [0.2, 0.25) is 0 Å². The lowest BCUT2D eigenvalue weighted by Gasteiger charge is -2.05. The molecule has 0 bridgehead atoms. The number of hydrogen-bond acceptors (Lipinski definition) is 4. The summed E-state index contributed by atoms with van der Waals surface area (Å²) in [6.45, 7) is 8.23. The second kappa shape index (κ2) is 7.06. The fourth-order valence-electron chi connectivity index (χ4n) is 1.65. The highest BCUT2D eigenvalue weighted by Crippen LogP contribution is 2.13. The molecule has 1 aromatic heterocycles. The average Bonchev–Trinajstić information content (AvgIpc) is 2.62. The van der Waals surface area contributed by atoms with E-state index >= 15 is 0 Å². The fourth-order valence-corrected chi connectivity index (χ4v) is 1.65. The molecule has 0 atom stereocenters. The van der Waals surface area contributed by atoms with Crippen molar-refractivity contribution in [3.63, 3.8) is 0 Å². The molecule has 0 aliphatic rings. The molecule has 0 saturated heterocycles. The van der Waals surface area contributed by atoms with Gasteiger partial charge in [-0.15, -0.1) is 0 Å². The number of hydrogen-bond donors (Lipinski definition) is 2. The molecule has 2 N–H and O–H groups in total. The van der Waals surface area contributed by atoms with Crippen LogP contribution in [0.5, 0.6) is 0 Å². The summed E-state index contributed by atoms with van der Waals surface area (Å²) in [5, 5.41) is 9.88. The van der Waals surface area contributed by atoms with Crippen LogP contribution in [0, 0.1) is 13.8 Å². The van der Waals surface area contributed by atoms with Crippen molar-refractivity contribution in [3.05, 3.63) is 17.0 Å². The van der Waals surface area contributed by atoms with Crippen LogP contribution in [0.25, 0.3) is 0 Å². The maximum absolute atomic E-state index is 11.5. The van der Waals surface area contributed by atoms with Gasteiger partial charge in [-0.2, -0.15) is 0 Å². The smallest absolute Gasteiger partial charge is 0.220 e. The summed E-state index contributed by atoms with van der Waals surface area (Å²) in [6, 6.07) is 0. The van der Waals surface area contributed by atoms with Crippen molar-refractivity contribution in [1.29, 1.82) is 0 Å². The molecular weight excluding hydrogens is 218 g/mol. The summed E-state index contributed by atoms with van der Waals surface area (Å²) < 4.78 is 5.05. The van der Waals surface area contributed by atoms with E-state index in [4.69, 9.17) is 4.52 Å². The SMILES string of the molecule is CCNCCNC(=O)CCc1c(C)noc1C. The van der Waals surface area contributed by atoms with Crippen LogP contribution in [0.3, 0.4) is 0 Å². The quantitative estimate of drug-likeness (QED) is 0.695. The molecular formula is C12H21N3O2. The number of aryl methyl sites for hydroxylation is 2. The lowest BCUT2D eigenvalue weighted by molar-refractivity contribution is -0.121. The minimum Gasteiger partial charge on any atom is -0.361 e. The summed E-state index contributed by atoms with van der Waals surface area (Å²) in [6.07, 6.45) is 1.17. The predicted molar refractivity (Wildman–Crippen MR) is 65.9 cm³/mol. The van der Waals surface area contributed by atoms with E-state index in [9.17, 15) is 4.79 Å². The molecule has 0 aliphatic carbocycles. The van der Waals surface area contributed by atoms with Crippen molar-refractivity contribution in [2.24, 2.45) is 0 Å². The van der Waals surface area contributed by atoms with Gasteiger partial charge in [0.25, 0.3) is 0 Å². The number of nitrogens with one attached hydrogen (secondary N) is 2. The second-order valence-electron chi connectivity index (χ2n) is 4.01. The lowest BCUT2D eigenvalue weighted by atomic mass is 10.1. The van der Waals surface area contributed by atoms with Crippen molar-refractivity contribution in [2.45, 2.75) is 33.6 Å². The molecule has 0 unspecified atom stereocenters. The van der Waals surface area contributed by atoms with Gasteiger partial charge in [0.05, 0.1) is 5.69 Å². The first-order valence-electron chi connectivity index (χ1n) is 6.04. The molecule has 1 heterocycles. The molecule has 0 aliphatic heterocycles. The topological polar surface area (TPSA) is 67.2 Å². The molecule has 5 heteroatoms. The molecule has 0 aromatic carbocycles. The zero-order valence-electron chi connectivity index (χ0n) is 10.8. The highest BCUT2D eigenvalue weighted by molar-refractivity contribution is 5.76. The second-order valence-corrected chi connectivity index (χ2v) is 4.01. The molecule has 0 saturated carbocycles. The van der Waals surface area contributed by atoms with Crippen LogP contribution < -0.4 is 10.6 Å². The van der Waals surface area contributed by atoms with Crippen molar-refractivity contribution in [3.8, 4) is 0 Å². The van der Waals surface area contributed by atoms with E-state index in [1.807, 2.05) is 20.8 Å². The zero-order chi connectivity index (χ0) is 12.7. The van der Waals surface area contributed by atoms with Gasteiger partial charge in [0.1, 0.15) is 5.76 Å². The van der Waals surface area contributed by atoms with E-state index in [-0.39, 0.29) is 5.91 Å². The molecule has 1 amide bonds. The molecule has 0 fully saturated rings. The van der Waals surface area contributed by atoms with E-state index in [1.54, 1.807) is 0 Å². The van der Waals surface area contributed by atoms with Crippen molar-refractivity contribution in [2.75, 3.05) is 19.6 Å². The van der Waals surface area contributed by atoms with Crippen LogP contribution in [-0.4, -0.2) is 30.7 Å². The molecule has 1 aromatic rings. The molecule has 17 heavy (non-hydrogen) atoms. The summed E-state index contributed by atoms with van der Waals surface area (Å²) in [7, 11) is 0. The third-order valence-corrected chi connectivity index (χ3v) is 2.66. The Hall–Kier alpha value is -1.36. The Kier molecular flexibility index (Phi) is 5.69. The molecule has 0 spiro atoms. The van der Waals surface area contributed by atoms with Gasteiger partial charge in [0.2, 0.25) is 5.91 Å². The van der Waals surface area contributed by atoms with Gasteiger partial charge in [-0.1, -0.05) is 12.1 Å². The molecule has 1 rings (SSSR count). The zero-order valence-corrected chi connectivity index (χ0v) is 10.8. The van der Waals surface area contributed by atoms with Gasteiger partial charge in [0.15, 0.2) is 0 Å². The Labute approximate surface area is 102 Å². The van der Waals surface area contributed by atoms with E-state index < -0.39 is 0 Å². The predicted octanol–water partition coefficient (Wildman–Crippen LogP) is 0.950. The number of amides is 1. The highest BCUT2D eigenvalue weighted by Gasteiger charge is 2.10. The first-order valence-corrected chi connectivity index (χ1v) is 6.04. The van der Waals surface area contributed by atoms with Crippen LogP contribution in [0.1, 0.15) is 30.4 Å². The lowest BCUT2D eigenvalue weighted by Crippen LogP contribution is -2.31. The number of aromatic nitrogens is 1. The molecule has 5 nitrogen and oxygen atoms in total. The maximum Gasteiger partial charge on any atom is 0.220 e. The first-order chi connectivity index (χ1) is 8.15. The minimum atomic E-state index is 0.0721. The van der Waals surface area contributed by atoms with Crippen LogP contribution in [0.15, 0.2) is 4.52 Å². The number of nitrogens with zero attached hydrogens (tertiary/aromatic N) is 1. The van der Waals surface area contributed by atoms with E-state index in [0.29, 0.717) is 19.4 Å². The Morgan fingerprint density at radius 2 is 2.12 bits per heavy atom. The number of carbonyl (C=O) groups is 1. The van der Waals surface area contributed by atoms with Gasteiger partial charge < -0.3 is 15.2 Å². The molecule has 96 valence electrons. The molecule has 0 radical (unpaired) electrons. The summed E-state index contributed by atoms with van der Waals surface area (Å²) in [5.74, 6) is 0.880. The standard InChI is InChI=1S/C12H21N3O2/c1-4-13-7-8-14-12(16)6-5-11-9(2)15-17-10(11)3/h13H,4-8H2,1-3H3,(H,14,16). The average molecular weight is 239 g/mol. The Bertz CT molecular complexity index is 341. The number of rotatable bonds is 7. The van der Waals surface area contributed by atoms with E-state index in [2.05, 4.69) is 15.8 Å². The maximum atomic E-state index is 11.5. The van der Waals surface area contributed by atoms with Crippen LogP contribution in [0.4, 0.5) is 0 Å². The van der Waals surface area contributed by atoms with Crippen LogP contribution >= 0.6 is 0 Å². The van der Waals surface area contributed by atoms with Gasteiger partial charge in [-0.05, 0) is 26.8 Å². The van der Waals surface area contributed by atoms with Gasteiger partial charge in [0, 0.05) is 25.1 Å². The largest absolute Gasteiger partial charge is 0.361 e.